The molecule has 0 aliphatic rings. The van der Waals surface area contributed by atoms with E-state index in [0.29, 0.717) is 0 Å². The van der Waals surface area contributed by atoms with Crippen LogP contribution >= 0.6 is 0 Å². The molecule has 0 bridgehead atoms. The molecule has 114 valence electrons. The fourth-order valence-electron chi connectivity index (χ4n) is 2.32. The molecule has 0 unspecified atom stereocenters. The zero-order valence-corrected chi connectivity index (χ0v) is 14.1. The number of benzene rings is 1. The Balaban J connectivity index is 0.00000400. The van der Waals surface area contributed by atoms with Gasteiger partial charge in [-0.05, 0) is 30.5 Å². The normalized spacial score (nSPS) is 11.1. The summed E-state index contributed by atoms with van der Waals surface area (Å²) in [6.45, 7) is 2.22. The molecule has 1 rings (SSSR count). The first-order valence-electron chi connectivity index (χ1n) is 7.59. The fraction of sp³-hybridized carbons (Fsp3) is 0.625. The summed E-state index contributed by atoms with van der Waals surface area (Å²) in [5.41, 5.74) is 0.938. The summed E-state index contributed by atoms with van der Waals surface area (Å²) in [5.74, 6) is 0. The average molecular weight is 304 g/mol. The van der Waals surface area contributed by atoms with Crippen molar-refractivity contribution in [3.8, 4) is 0 Å². The topological polar surface area (TPSA) is 57.2 Å². The van der Waals surface area contributed by atoms with Crippen molar-refractivity contribution in [2.45, 2.75) is 69.6 Å². The first-order valence-corrected chi connectivity index (χ1v) is 8.99. The number of unbranched alkanes of at least 4 members (excludes halogenated alkanes) is 7. The molecule has 0 heterocycles. The molecule has 0 aromatic heterocycles. The van der Waals surface area contributed by atoms with Gasteiger partial charge in [-0.25, -0.2) is 8.42 Å². The van der Waals surface area contributed by atoms with Crippen molar-refractivity contribution in [3.05, 3.63) is 29.8 Å². The molecule has 1 aromatic carbocycles. The number of rotatable bonds is 10. The maximum absolute atomic E-state index is 10.9. The largest absolute Gasteiger partial charge is 1.00 e. The molecule has 0 amide bonds. The van der Waals surface area contributed by atoms with Gasteiger partial charge in [-0.2, -0.15) is 0 Å². The fourth-order valence-corrected chi connectivity index (χ4v) is 2.86. The molecular weight excluding hydrogens is 279 g/mol. The van der Waals surface area contributed by atoms with Gasteiger partial charge in [0.1, 0.15) is 10.1 Å². The quantitative estimate of drug-likeness (QED) is 0.372. The van der Waals surface area contributed by atoms with Crippen LogP contribution in [0.25, 0.3) is 0 Å². The second-order valence-electron chi connectivity index (χ2n) is 5.33. The van der Waals surface area contributed by atoms with E-state index < -0.39 is 10.1 Å². The summed E-state index contributed by atoms with van der Waals surface area (Å²) in [6.07, 6.45) is 10.8. The molecule has 3 nitrogen and oxygen atoms in total. The molecule has 0 spiro atoms. The van der Waals surface area contributed by atoms with Crippen LogP contribution < -0.4 is 18.9 Å². The van der Waals surface area contributed by atoms with E-state index in [2.05, 4.69) is 6.92 Å². The summed E-state index contributed by atoms with van der Waals surface area (Å²) in [6, 6.07) is 6.39. The minimum atomic E-state index is -4.32. The molecule has 5 heteroatoms. The van der Waals surface area contributed by atoms with Crippen molar-refractivity contribution in [2.24, 2.45) is 0 Å². The van der Waals surface area contributed by atoms with E-state index in [1.165, 1.54) is 57.1 Å². The molecule has 0 aliphatic heterocycles. The third-order valence-corrected chi connectivity index (χ3v) is 4.34. The summed E-state index contributed by atoms with van der Waals surface area (Å²) in [7, 11) is -4.32. The van der Waals surface area contributed by atoms with Gasteiger partial charge in [-0.15, -0.1) is 0 Å². The first-order chi connectivity index (χ1) is 9.54. The van der Waals surface area contributed by atoms with E-state index in [9.17, 15) is 13.0 Å². The molecule has 0 atom stereocenters. The Labute approximate surface area is 141 Å². The van der Waals surface area contributed by atoms with Gasteiger partial charge >= 0.3 is 18.9 Å². The van der Waals surface area contributed by atoms with Gasteiger partial charge in [0.2, 0.25) is 0 Å². The second kappa shape index (κ2) is 11.3. The Hall–Kier alpha value is -0.273. The van der Waals surface area contributed by atoms with E-state index in [0.717, 1.165) is 18.4 Å². The maximum atomic E-state index is 10.9. The minimum Gasteiger partial charge on any atom is -0.744 e. The van der Waals surface area contributed by atoms with Crippen LogP contribution in [0.4, 0.5) is 0 Å². The number of hydrogen-bond acceptors (Lipinski definition) is 3. The van der Waals surface area contributed by atoms with E-state index in [1.807, 2.05) is 6.07 Å². The molecule has 0 saturated carbocycles. The van der Waals surface area contributed by atoms with E-state index in [-0.39, 0.29) is 23.8 Å². The minimum absolute atomic E-state index is 0. The smallest absolute Gasteiger partial charge is 0.744 e. The monoisotopic (exact) mass is 304 g/mol. The van der Waals surface area contributed by atoms with Crippen LogP contribution in [-0.2, 0) is 16.5 Å². The predicted molar refractivity (Wildman–Crippen MR) is 80.7 cm³/mol. The SMILES string of the molecule is CCCCCCCCCCc1cccc(S(=O)(=O)[O-])c1.[Li+]. The first kappa shape index (κ1) is 20.7. The van der Waals surface area contributed by atoms with Crippen LogP contribution in [0.3, 0.4) is 0 Å². The number of aryl methyl sites for hydroxylation is 1. The van der Waals surface area contributed by atoms with Crippen molar-refractivity contribution in [3.63, 3.8) is 0 Å². The molecular formula is C16H25LiO3S. The van der Waals surface area contributed by atoms with Gasteiger partial charge in [0, 0.05) is 0 Å². The Morgan fingerprint density at radius 3 is 2.10 bits per heavy atom. The van der Waals surface area contributed by atoms with Gasteiger partial charge in [0.05, 0.1) is 4.90 Å². The standard InChI is InChI=1S/C16H26O3S.Li/c1-2-3-4-5-6-7-8-9-11-15-12-10-13-16(14-15)20(17,18)19;/h10,12-14H,2-9,11H2,1H3,(H,17,18,19);/q;+1/p-1. The summed E-state index contributed by atoms with van der Waals surface area (Å²) >= 11 is 0. The van der Waals surface area contributed by atoms with Crippen LogP contribution in [0.2, 0.25) is 0 Å². The molecule has 0 fully saturated rings. The summed E-state index contributed by atoms with van der Waals surface area (Å²) < 4.78 is 32.8. The second-order valence-corrected chi connectivity index (χ2v) is 6.71. The zero-order valence-electron chi connectivity index (χ0n) is 13.3. The van der Waals surface area contributed by atoms with Crippen molar-refractivity contribution >= 4 is 10.1 Å². The molecule has 0 N–H and O–H groups in total. The van der Waals surface area contributed by atoms with Crippen LogP contribution in [0, 0.1) is 0 Å². The maximum Gasteiger partial charge on any atom is 1.00 e. The summed E-state index contributed by atoms with van der Waals surface area (Å²) in [4.78, 5) is -0.116. The van der Waals surface area contributed by atoms with Gasteiger partial charge in [-0.3, -0.25) is 0 Å². The molecule has 1 aromatic rings. The Kier molecular flexibility index (Phi) is 11.2. The summed E-state index contributed by atoms with van der Waals surface area (Å²) in [5, 5.41) is 0. The van der Waals surface area contributed by atoms with Crippen molar-refractivity contribution in [2.75, 3.05) is 0 Å². The van der Waals surface area contributed by atoms with Crippen LogP contribution in [0.1, 0.15) is 63.9 Å². The average Bonchev–Trinajstić information content (AvgIpc) is 2.41. The molecule has 0 saturated heterocycles. The van der Waals surface area contributed by atoms with E-state index in [4.69, 9.17) is 0 Å². The van der Waals surface area contributed by atoms with E-state index >= 15 is 0 Å². The van der Waals surface area contributed by atoms with Crippen molar-refractivity contribution in [1.29, 1.82) is 0 Å². The van der Waals surface area contributed by atoms with Crippen molar-refractivity contribution in [1.82, 2.24) is 0 Å². The van der Waals surface area contributed by atoms with E-state index in [1.54, 1.807) is 6.07 Å². The van der Waals surface area contributed by atoms with Crippen LogP contribution in [0.15, 0.2) is 29.2 Å². The number of hydrogen-bond donors (Lipinski definition) is 0. The van der Waals surface area contributed by atoms with Crippen LogP contribution in [0.5, 0.6) is 0 Å². The van der Waals surface area contributed by atoms with Gasteiger partial charge in [-0.1, -0.05) is 64.0 Å². The van der Waals surface area contributed by atoms with Crippen LogP contribution in [-0.4, -0.2) is 13.0 Å². The Morgan fingerprint density at radius 2 is 1.52 bits per heavy atom. The predicted octanol–water partition coefficient (Wildman–Crippen LogP) is 1.28. The molecule has 21 heavy (non-hydrogen) atoms. The molecule has 0 aliphatic carbocycles. The molecule has 0 radical (unpaired) electrons. The Bertz CT molecular complexity index is 486. The van der Waals surface area contributed by atoms with Gasteiger partial charge in [0.25, 0.3) is 0 Å². The third-order valence-electron chi connectivity index (χ3n) is 3.51. The zero-order chi connectivity index (χ0) is 14.8. The van der Waals surface area contributed by atoms with Crippen molar-refractivity contribution < 1.29 is 31.8 Å². The Morgan fingerprint density at radius 1 is 0.952 bits per heavy atom. The van der Waals surface area contributed by atoms with Gasteiger partial charge in [0.15, 0.2) is 0 Å². The third kappa shape index (κ3) is 9.37. The van der Waals surface area contributed by atoms with Gasteiger partial charge < -0.3 is 4.55 Å².